The minimum absolute atomic E-state index is 0.00978. The number of benzene rings is 2. The number of hydrogen-bond acceptors (Lipinski definition) is 4. The van der Waals surface area contributed by atoms with Crippen LogP contribution in [-0.2, 0) is 71.9 Å². The molecule has 10 heteroatoms. The fourth-order valence-corrected chi connectivity index (χ4v) is 13.4. The van der Waals surface area contributed by atoms with Crippen LogP contribution in [0.15, 0.2) is 58.3 Å². The van der Waals surface area contributed by atoms with Crippen LogP contribution in [0.25, 0.3) is 0 Å². The van der Waals surface area contributed by atoms with Crippen molar-refractivity contribution < 1.29 is 69.1 Å². The Hall–Kier alpha value is 0.790. The van der Waals surface area contributed by atoms with Crippen LogP contribution in [0.1, 0.15) is 0 Å². The van der Waals surface area contributed by atoms with E-state index in [1.54, 1.807) is 0 Å². The topological polar surface area (TPSA) is 68.3 Å². The van der Waals surface area contributed by atoms with Crippen molar-refractivity contribution in [2.45, 2.75) is 8.89 Å². The van der Waals surface area contributed by atoms with Crippen molar-refractivity contribution in [1.29, 1.82) is 0 Å². The van der Waals surface area contributed by atoms with Crippen LogP contribution >= 0.6 is 23.2 Å². The molecular weight excluding hydrogens is 756 g/mol. The number of rotatable bonds is 4. The Bertz CT molecular complexity index is 845. The molecule has 0 aliphatic heterocycles. The van der Waals surface area contributed by atoms with Gasteiger partial charge in [0.2, 0.25) is 0 Å². The molecule has 0 aliphatic carbocycles. The van der Waals surface area contributed by atoms with Crippen LogP contribution in [-0.4, -0.2) is 15.9 Å². The van der Waals surface area contributed by atoms with Crippen molar-refractivity contribution in [2.24, 2.45) is 0 Å². The molecule has 0 amide bonds. The molecule has 0 N–H and O–H groups in total. The second-order valence-electron chi connectivity index (χ2n) is 4.83. The van der Waals surface area contributed by atoms with Crippen LogP contribution in [0.2, 0.25) is 10.0 Å². The normalized spacial score (nSPS) is 13.1. The van der Waals surface area contributed by atoms with Gasteiger partial charge >= 0.3 is 179 Å². The maximum atomic E-state index is 12.9. The molecule has 0 saturated carbocycles. The Morgan fingerprint density at radius 1 is 0.652 bits per heavy atom. The molecular formula is C13H8Cl2Hg2O4S2. The predicted octanol–water partition coefficient (Wildman–Crippen LogP) is 2.95. The molecule has 2 aromatic rings. The number of halogens is 2. The summed E-state index contributed by atoms with van der Waals surface area (Å²) >= 11 is 10.5. The van der Waals surface area contributed by atoms with Gasteiger partial charge in [0, 0.05) is 0 Å². The first-order chi connectivity index (χ1) is 10.5. The molecule has 0 bridgehead atoms. The van der Waals surface area contributed by atoms with Crippen molar-refractivity contribution >= 4 is 42.9 Å². The third kappa shape index (κ3) is 3.82. The van der Waals surface area contributed by atoms with Crippen LogP contribution in [0.3, 0.4) is 0 Å². The Morgan fingerprint density at radius 3 is 1.17 bits per heavy atom. The van der Waals surface area contributed by atoms with Gasteiger partial charge in [-0.1, -0.05) is 0 Å². The molecule has 0 saturated heterocycles. The second-order valence-corrected chi connectivity index (χ2v) is 42.9. The van der Waals surface area contributed by atoms with E-state index in [4.69, 9.17) is 23.2 Å². The van der Waals surface area contributed by atoms with Gasteiger partial charge < -0.3 is 0 Å². The van der Waals surface area contributed by atoms with E-state index < -0.39 is 71.0 Å². The van der Waals surface area contributed by atoms with Gasteiger partial charge in [0.05, 0.1) is 0 Å². The summed E-state index contributed by atoms with van der Waals surface area (Å²) in [5, 5.41) is 0.790. The zero-order valence-electron chi connectivity index (χ0n) is 11.7. The molecule has 0 heterocycles. The van der Waals surface area contributed by atoms with Crippen LogP contribution in [0.4, 0.5) is 0 Å². The molecule has 4 nitrogen and oxygen atoms in total. The van der Waals surface area contributed by atoms with E-state index in [1.807, 2.05) is 0 Å². The Kier molecular flexibility index (Phi) is 6.29. The molecule has 2 aromatic carbocycles. The van der Waals surface area contributed by atoms with E-state index in [1.165, 1.54) is 48.5 Å². The molecule has 0 unspecified atom stereocenters. The fourth-order valence-electron chi connectivity index (χ4n) is 1.80. The predicted molar refractivity (Wildman–Crippen MR) is 80.0 cm³/mol. The van der Waals surface area contributed by atoms with Crippen LogP contribution < -0.4 is 0 Å². The van der Waals surface area contributed by atoms with Crippen molar-refractivity contribution in [1.82, 2.24) is 0 Å². The molecule has 0 fully saturated rings. The van der Waals surface area contributed by atoms with Crippen LogP contribution in [0, 0.1) is 0 Å². The van der Waals surface area contributed by atoms with Gasteiger partial charge in [0.15, 0.2) is 0 Å². The molecule has 114 valence electrons. The summed E-state index contributed by atoms with van der Waals surface area (Å²) in [7, 11) is -7.96. The second kappa shape index (κ2) is 7.19. The first-order valence-electron chi connectivity index (χ1n) is 6.21. The van der Waals surface area contributed by atoms with Crippen molar-refractivity contribution in [3.05, 3.63) is 58.6 Å². The SMILES string of the molecule is O=S(=O)(c1ccc(Cl)cc1)[C]([Hg])([Hg])S(=O)(=O)c1ccc(Cl)cc1. The Labute approximate surface area is 177 Å². The van der Waals surface area contributed by atoms with E-state index in [-0.39, 0.29) is 9.79 Å². The van der Waals surface area contributed by atoms with Gasteiger partial charge in [0.1, 0.15) is 0 Å². The van der Waals surface area contributed by atoms with E-state index in [0.717, 1.165) is 0 Å². The van der Waals surface area contributed by atoms with Gasteiger partial charge in [-0.05, 0) is 0 Å². The summed E-state index contributed by atoms with van der Waals surface area (Å²) in [5.41, 5.74) is 0. The molecule has 23 heavy (non-hydrogen) atoms. The molecule has 0 radical (unpaired) electrons. The van der Waals surface area contributed by atoms with E-state index in [2.05, 4.69) is 0 Å². The van der Waals surface area contributed by atoms with Crippen LogP contribution in [0.5, 0.6) is 0 Å². The molecule has 0 aromatic heterocycles. The first kappa shape index (κ1) is 20.1. The summed E-state index contributed by atoms with van der Waals surface area (Å²) in [6, 6.07) is 11.2. The van der Waals surface area contributed by atoms with Crippen molar-refractivity contribution in [3.8, 4) is 0 Å². The summed E-state index contributed by atoms with van der Waals surface area (Å²) < 4.78 is 49.9. The van der Waals surface area contributed by atoms with Crippen molar-refractivity contribution in [3.63, 3.8) is 0 Å². The summed E-state index contributed by atoms with van der Waals surface area (Å²) in [4.78, 5) is -0.0196. The summed E-state index contributed by atoms with van der Waals surface area (Å²) in [6.07, 6.45) is 0. The molecule has 0 atom stereocenters. The van der Waals surface area contributed by atoms with Gasteiger partial charge in [-0.2, -0.15) is 0 Å². The summed E-state index contributed by atoms with van der Waals surface area (Å²) in [5.74, 6) is 0. The zero-order chi connectivity index (χ0) is 17.5. The van der Waals surface area contributed by atoms with E-state index in [9.17, 15) is 16.8 Å². The first-order valence-corrected chi connectivity index (χ1v) is 15.4. The maximum absolute atomic E-state index is 12.9. The quantitative estimate of drug-likeness (QED) is 0.450. The zero-order valence-corrected chi connectivity index (χ0v) is 25.9. The standard InChI is InChI=1S/C13H8Cl2O4S2.2Hg/c14-10-1-5-12(6-2-10)20(16,17)9-21(18,19)13-7-3-11(15)4-8-13;;/h1-8H;;. The fraction of sp³-hybridized carbons (Fsp3) is 0.0769. The average molecular weight is 764 g/mol. The Morgan fingerprint density at radius 2 is 0.913 bits per heavy atom. The number of sulfone groups is 2. The van der Waals surface area contributed by atoms with E-state index >= 15 is 0 Å². The molecule has 2 rings (SSSR count). The third-order valence-corrected chi connectivity index (χ3v) is 26.5. The third-order valence-electron chi connectivity index (χ3n) is 3.23. The van der Waals surface area contributed by atoms with Gasteiger partial charge in [-0.15, -0.1) is 0 Å². The van der Waals surface area contributed by atoms with Gasteiger partial charge in [-0.25, -0.2) is 0 Å². The van der Waals surface area contributed by atoms with Gasteiger partial charge in [0.25, 0.3) is 0 Å². The Balaban J connectivity index is 2.59. The summed E-state index contributed by atoms with van der Waals surface area (Å²) in [6.45, 7) is 0. The van der Waals surface area contributed by atoms with Gasteiger partial charge in [-0.3, -0.25) is 0 Å². The average Bonchev–Trinajstić information content (AvgIpc) is 2.47. The monoisotopic (exact) mass is 766 g/mol. The minimum atomic E-state index is -3.98. The number of hydrogen-bond donors (Lipinski definition) is 0. The molecule has 0 aliphatic rings. The van der Waals surface area contributed by atoms with E-state index in [0.29, 0.717) is 10.0 Å². The molecule has 0 spiro atoms. The van der Waals surface area contributed by atoms with Crippen molar-refractivity contribution in [2.75, 3.05) is 0 Å².